The van der Waals surface area contributed by atoms with Gasteiger partial charge in [0.1, 0.15) is 5.15 Å². The third-order valence-electron chi connectivity index (χ3n) is 4.84. The Morgan fingerprint density at radius 3 is 2.59 bits per heavy atom. The Labute approximate surface area is 138 Å². The van der Waals surface area contributed by atoms with E-state index in [4.69, 9.17) is 16.0 Å². The number of pyridine rings is 1. The smallest absolute Gasteiger partial charge is 0.306 e. The van der Waals surface area contributed by atoms with Crippen molar-refractivity contribution in [2.24, 2.45) is 5.92 Å². The van der Waals surface area contributed by atoms with E-state index in [9.17, 15) is 9.90 Å². The molecule has 1 aromatic heterocycles. The Kier molecular flexibility index (Phi) is 4.71. The number of halogens is 1. The highest BCUT2D eigenvalue weighted by Crippen LogP contribution is 2.43. The van der Waals surface area contributed by atoms with Crippen molar-refractivity contribution in [3.05, 3.63) is 28.5 Å². The molecule has 0 spiro atoms. The van der Waals surface area contributed by atoms with Gasteiger partial charge in [0.15, 0.2) is 8.32 Å². The maximum absolute atomic E-state index is 11.4. The summed E-state index contributed by atoms with van der Waals surface area (Å²) in [5, 5.41) is 9.89. The Hall–Kier alpha value is -0.913. The van der Waals surface area contributed by atoms with Gasteiger partial charge in [0.2, 0.25) is 0 Å². The van der Waals surface area contributed by atoms with Gasteiger partial charge in [0, 0.05) is 0 Å². The molecule has 0 radical (unpaired) electrons. The van der Waals surface area contributed by atoms with Gasteiger partial charge in [-0.1, -0.05) is 38.4 Å². The van der Waals surface area contributed by atoms with Gasteiger partial charge < -0.3 is 9.53 Å². The SMILES string of the molecule is CC(C)(C)[Si](C)(C)OC1CC(C(=O)O)Cc2ccc(Cl)nc21. The topological polar surface area (TPSA) is 59.4 Å². The molecule has 2 unspecified atom stereocenters. The lowest BCUT2D eigenvalue weighted by molar-refractivity contribution is -0.143. The highest BCUT2D eigenvalue weighted by atomic mass is 35.5. The molecule has 0 bridgehead atoms. The summed E-state index contributed by atoms with van der Waals surface area (Å²) in [6.45, 7) is 10.8. The van der Waals surface area contributed by atoms with Crippen LogP contribution in [0.3, 0.4) is 0 Å². The Bertz CT molecular complexity index is 583. The number of aromatic nitrogens is 1. The number of rotatable bonds is 3. The summed E-state index contributed by atoms with van der Waals surface area (Å²) in [6, 6.07) is 3.59. The van der Waals surface area contributed by atoms with Crippen molar-refractivity contribution in [2.75, 3.05) is 0 Å². The van der Waals surface area contributed by atoms with Crippen molar-refractivity contribution in [3.8, 4) is 0 Å². The van der Waals surface area contributed by atoms with Crippen LogP contribution in [0.5, 0.6) is 0 Å². The minimum Gasteiger partial charge on any atom is -0.481 e. The van der Waals surface area contributed by atoms with E-state index in [-0.39, 0.29) is 11.1 Å². The molecule has 22 heavy (non-hydrogen) atoms. The molecule has 0 amide bonds. The Morgan fingerprint density at radius 2 is 2.05 bits per heavy atom. The number of carboxylic acid groups (broad SMARTS) is 1. The summed E-state index contributed by atoms with van der Waals surface area (Å²) in [5.41, 5.74) is 1.75. The van der Waals surface area contributed by atoms with E-state index in [0.717, 1.165) is 11.3 Å². The van der Waals surface area contributed by atoms with Crippen LogP contribution in [0.25, 0.3) is 0 Å². The van der Waals surface area contributed by atoms with Gasteiger partial charge in [-0.15, -0.1) is 0 Å². The lowest BCUT2D eigenvalue weighted by atomic mass is 9.85. The van der Waals surface area contributed by atoms with E-state index in [2.05, 4.69) is 38.8 Å². The number of hydrogen-bond donors (Lipinski definition) is 1. The first-order valence-electron chi connectivity index (χ1n) is 7.57. The number of nitrogens with zero attached hydrogens (tertiary/aromatic N) is 1. The standard InChI is InChI=1S/C16H24ClNO3Si/c1-16(2,3)22(4,5)21-12-9-11(15(19)20)8-10-6-7-13(17)18-14(10)12/h6-7,11-12H,8-9H2,1-5H3,(H,19,20). The number of aliphatic carboxylic acids is 1. The van der Waals surface area contributed by atoms with Crippen molar-refractivity contribution in [2.45, 2.75) is 57.8 Å². The van der Waals surface area contributed by atoms with Crippen molar-refractivity contribution >= 4 is 25.9 Å². The lowest BCUT2D eigenvalue weighted by Crippen LogP contribution is -2.43. The predicted octanol–water partition coefficient (Wildman–Crippen LogP) is 4.44. The zero-order chi connectivity index (χ0) is 16.7. The van der Waals surface area contributed by atoms with Gasteiger partial charge in [-0.2, -0.15) is 0 Å². The largest absolute Gasteiger partial charge is 0.481 e. The van der Waals surface area contributed by atoms with Crippen LogP contribution in [0.1, 0.15) is 44.6 Å². The molecule has 2 rings (SSSR count). The molecule has 1 heterocycles. The van der Waals surface area contributed by atoms with Gasteiger partial charge >= 0.3 is 5.97 Å². The van der Waals surface area contributed by atoms with Crippen LogP contribution >= 0.6 is 11.6 Å². The molecule has 0 saturated heterocycles. The molecular formula is C16H24ClNO3Si. The van der Waals surface area contributed by atoms with Crippen LogP contribution in [0, 0.1) is 5.92 Å². The van der Waals surface area contributed by atoms with E-state index in [1.807, 2.05) is 6.07 Å². The summed E-state index contributed by atoms with van der Waals surface area (Å²) in [5.74, 6) is -1.20. The molecule has 0 fully saturated rings. The fourth-order valence-electron chi connectivity index (χ4n) is 2.47. The van der Waals surface area contributed by atoms with Crippen molar-refractivity contribution < 1.29 is 14.3 Å². The third kappa shape index (κ3) is 3.53. The fourth-order valence-corrected chi connectivity index (χ4v) is 3.90. The molecule has 1 aliphatic rings. The molecule has 1 aromatic rings. The van der Waals surface area contributed by atoms with E-state index < -0.39 is 20.2 Å². The molecular weight excluding hydrogens is 318 g/mol. The number of carboxylic acids is 1. The normalized spacial score (nSPS) is 22.3. The molecule has 0 aliphatic heterocycles. The first-order valence-corrected chi connectivity index (χ1v) is 10.9. The average molecular weight is 342 g/mol. The zero-order valence-corrected chi connectivity index (χ0v) is 15.6. The summed E-state index contributed by atoms with van der Waals surface area (Å²) >= 11 is 6.03. The van der Waals surface area contributed by atoms with Crippen molar-refractivity contribution in [1.29, 1.82) is 0 Å². The molecule has 1 N–H and O–H groups in total. The van der Waals surface area contributed by atoms with E-state index in [1.165, 1.54) is 0 Å². The van der Waals surface area contributed by atoms with E-state index in [0.29, 0.717) is 18.0 Å². The number of hydrogen-bond acceptors (Lipinski definition) is 3. The quantitative estimate of drug-likeness (QED) is 0.652. The average Bonchev–Trinajstić information content (AvgIpc) is 2.37. The van der Waals surface area contributed by atoms with E-state index in [1.54, 1.807) is 6.07 Å². The molecule has 0 aromatic carbocycles. The zero-order valence-electron chi connectivity index (χ0n) is 13.8. The van der Waals surface area contributed by atoms with Crippen molar-refractivity contribution in [1.82, 2.24) is 4.98 Å². The second-order valence-corrected chi connectivity index (χ2v) is 12.7. The van der Waals surface area contributed by atoms with Crippen molar-refractivity contribution in [3.63, 3.8) is 0 Å². The van der Waals surface area contributed by atoms with Gasteiger partial charge in [0.05, 0.1) is 17.7 Å². The summed E-state index contributed by atoms with van der Waals surface area (Å²) in [4.78, 5) is 15.9. The molecule has 1 aliphatic carbocycles. The maximum Gasteiger partial charge on any atom is 0.306 e. The monoisotopic (exact) mass is 341 g/mol. The predicted molar refractivity (Wildman–Crippen MR) is 89.7 cm³/mol. The minimum atomic E-state index is -2.02. The highest BCUT2D eigenvalue weighted by Gasteiger charge is 2.42. The fraction of sp³-hybridized carbons (Fsp3) is 0.625. The molecule has 0 saturated carbocycles. The van der Waals surface area contributed by atoms with Gasteiger partial charge in [-0.05, 0) is 42.6 Å². The second-order valence-electron chi connectivity index (χ2n) is 7.52. The van der Waals surface area contributed by atoms with Gasteiger partial charge in [-0.3, -0.25) is 4.79 Å². The maximum atomic E-state index is 11.4. The van der Waals surface area contributed by atoms with E-state index >= 15 is 0 Å². The lowest BCUT2D eigenvalue weighted by Gasteiger charge is -2.41. The summed E-state index contributed by atoms with van der Waals surface area (Å²) in [6.07, 6.45) is 0.665. The third-order valence-corrected chi connectivity index (χ3v) is 9.54. The van der Waals surface area contributed by atoms with Crippen LogP contribution in [-0.2, 0) is 15.6 Å². The molecule has 6 heteroatoms. The number of carbonyl (C=O) groups is 1. The highest BCUT2D eigenvalue weighted by molar-refractivity contribution is 6.74. The van der Waals surface area contributed by atoms with Crippen LogP contribution in [0.15, 0.2) is 12.1 Å². The van der Waals surface area contributed by atoms with Crippen LogP contribution in [0.2, 0.25) is 23.3 Å². The Morgan fingerprint density at radius 1 is 1.41 bits per heavy atom. The van der Waals surface area contributed by atoms with Gasteiger partial charge in [0.25, 0.3) is 0 Å². The van der Waals surface area contributed by atoms with Crippen LogP contribution < -0.4 is 0 Å². The van der Waals surface area contributed by atoms with Crippen LogP contribution in [-0.4, -0.2) is 24.4 Å². The molecule has 2 atom stereocenters. The number of fused-ring (bicyclic) bond motifs is 1. The first-order chi connectivity index (χ1) is 10.0. The second kappa shape index (κ2) is 5.94. The first kappa shape index (κ1) is 17.4. The minimum absolute atomic E-state index is 0.0574. The van der Waals surface area contributed by atoms with Gasteiger partial charge in [-0.25, -0.2) is 4.98 Å². The Balaban J connectivity index is 2.37. The molecule has 122 valence electrons. The van der Waals surface area contributed by atoms with Crippen LogP contribution in [0.4, 0.5) is 0 Å². The summed E-state index contributed by atoms with van der Waals surface area (Å²) < 4.78 is 6.46. The molecule has 4 nitrogen and oxygen atoms in total. The summed E-state index contributed by atoms with van der Waals surface area (Å²) in [7, 11) is -2.02.